The van der Waals surface area contributed by atoms with Gasteiger partial charge in [0.15, 0.2) is 11.9 Å². The second-order valence-electron chi connectivity index (χ2n) is 14.6. The highest BCUT2D eigenvalue weighted by atomic mass is 16.6. The van der Waals surface area contributed by atoms with E-state index in [1.54, 1.807) is 30.3 Å². The predicted molar refractivity (Wildman–Crippen MR) is 223 cm³/mol. The van der Waals surface area contributed by atoms with E-state index in [1.807, 2.05) is 121 Å². The van der Waals surface area contributed by atoms with Gasteiger partial charge in [-0.1, -0.05) is 121 Å². The van der Waals surface area contributed by atoms with Crippen molar-refractivity contribution < 1.29 is 47.5 Å². The lowest BCUT2D eigenvalue weighted by molar-refractivity contribution is -0.250. The van der Waals surface area contributed by atoms with Crippen LogP contribution >= 0.6 is 0 Å². The van der Waals surface area contributed by atoms with Crippen molar-refractivity contribution in [1.82, 2.24) is 0 Å². The Kier molecular flexibility index (Phi) is 12.9. The molecule has 0 radical (unpaired) electrons. The molecular formula is C50H46O10. The highest BCUT2D eigenvalue weighted by Crippen LogP contribution is 2.53. The van der Waals surface area contributed by atoms with E-state index in [1.165, 1.54) is 14.0 Å². The molecule has 6 aromatic carbocycles. The number of methoxy groups -OCH3 is 1. The Morgan fingerprint density at radius 2 is 1.17 bits per heavy atom. The molecule has 5 atom stereocenters. The summed E-state index contributed by atoms with van der Waals surface area (Å²) in [6, 6.07) is 47.6. The van der Waals surface area contributed by atoms with Crippen LogP contribution in [0, 0.1) is 0 Å². The van der Waals surface area contributed by atoms with Crippen LogP contribution in [0.25, 0.3) is 0 Å². The van der Waals surface area contributed by atoms with Gasteiger partial charge in [-0.05, 0) is 53.4 Å². The van der Waals surface area contributed by atoms with E-state index in [2.05, 4.69) is 0 Å². The van der Waals surface area contributed by atoms with Gasteiger partial charge in [0.05, 0.1) is 44.7 Å². The number of hydrogen-bond acceptors (Lipinski definition) is 10. The number of ether oxygens (including phenoxy) is 8. The zero-order valence-electron chi connectivity index (χ0n) is 33.4. The van der Waals surface area contributed by atoms with Crippen LogP contribution in [0.4, 0.5) is 0 Å². The number of carbonyl (C=O) groups is 2. The zero-order valence-corrected chi connectivity index (χ0v) is 33.4. The number of esters is 1. The summed E-state index contributed by atoms with van der Waals surface area (Å²) in [5.41, 5.74) is 4.84. The van der Waals surface area contributed by atoms with Crippen LogP contribution in [0.3, 0.4) is 0 Å². The van der Waals surface area contributed by atoms with Gasteiger partial charge in [-0.15, -0.1) is 0 Å². The largest absolute Gasteiger partial charge is 0.495 e. The van der Waals surface area contributed by atoms with Crippen LogP contribution < -0.4 is 18.9 Å². The van der Waals surface area contributed by atoms with E-state index in [0.717, 1.165) is 22.3 Å². The summed E-state index contributed by atoms with van der Waals surface area (Å²) in [6.45, 7) is 2.87. The van der Waals surface area contributed by atoms with Crippen molar-refractivity contribution in [3.63, 3.8) is 0 Å². The first-order chi connectivity index (χ1) is 29.4. The second kappa shape index (κ2) is 19.2. The topological polar surface area (TPSA) is 108 Å². The lowest BCUT2D eigenvalue weighted by Crippen LogP contribution is -2.57. The molecule has 2 heterocycles. The minimum Gasteiger partial charge on any atom is -0.495 e. The van der Waals surface area contributed by atoms with Gasteiger partial charge in [-0.25, -0.2) is 4.79 Å². The fourth-order valence-corrected chi connectivity index (χ4v) is 7.56. The third kappa shape index (κ3) is 9.43. The summed E-state index contributed by atoms with van der Waals surface area (Å²) in [5, 5.41) is 0. The molecule has 1 fully saturated rings. The molecule has 0 unspecified atom stereocenters. The molecule has 0 spiro atoms. The number of ketones is 1. The van der Waals surface area contributed by atoms with E-state index >= 15 is 0 Å². The number of hydrogen-bond donors (Lipinski definition) is 0. The van der Waals surface area contributed by atoms with Gasteiger partial charge in [-0.2, -0.15) is 0 Å². The van der Waals surface area contributed by atoms with Gasteiger partial charge in [0.1, 0.15) is 59.6 Å². The van der Waals surface area contributed by atoms with Gasteiger partial charge in [0.2, 0.25) is 0 Å². The minimum absolute atomic E-state index is 0.00692. The van der Waals surface area contributed by atoms with Crippen molar-refractivity contribution >= 4 is 11.8 Å². The summed E-state index contributed by atoms with van der Waals surface area (Å²) in [5.74, 6) is 0.0657. The molecule has 0 aromatic heterocycles. The average molecular weight is 807 g/mol. The van der Waals surface area contributed by atoms with Gasteiger partial charge >= 0.3 is 5.97 Å². The molecule has 0 bridgehead atoms. The van der Waals surface area contributed by atoms with Crippen molar-refractivity contribution in [1.29, 1.82) is 0 Å². The molecular weight excluding hydrogens is 761 g/mol. The van der Waals surface area contributed by atoms with E-state index in [4.69, 9.17) is 37.9 Å². The Morgan fingerprint density at radius 3 is 1.72 bits per heavy atom. The maximum absolute atomic E-state index is 13.6. The minimum atomic E-state index is -0.760. The van der Waals surface area contributed by atoms with Crippen molar-refractivity contribution in [2.75, 3.05) is 13.7 Å². The second-order valence-corrected chi connectivity index (χ2v) is 14.6. The molecule has 1 saturated heterocycles. The predicted octanol–water partition coefficient (Wildman–Crippen LogP) is 9.28. The van der Waals surface area contributed by atoms with Gasteiger partial charge in [0.25, 0.3) is 0 Å². The third-order valence-electron chi connectivity index (χ3n) is 10.5. The first kappa shape index (κ1) is 40.5. The Hall–Kier alpha value is -6.30. The normalized spacial score (nSPS) is 19.1. The van der Waals surface area contributed by atoms with Crippen molar-refractivity contribution in [2.45, 2.75) is 63.9 Å². The summed E-state index contributed by atoms with van der Waals surface area (Å²) >= 11 is 0. The Labute approximate surface area is 349 Å². The van der Waals surface area contributed by atoms with Gasteiger partial charge < -0.3 is 37.9 Å². The molecule has 0 N–H and O–H groups in total. The van der Waals surface area contributed by atoms with Crippen molar-refractivity contribution in [3.8, 4) is 23.0 Å². The summed E-state index contributed by atoms with van der Waals surface area (Å²) < 4.78 is 51.3. The van der Waals surface area contributed by atoms with E-state index in [0.29, 0.717) is 30.3 Å². The van der Waals surface area contributed by atoms with Crippen LogP contribution in [0.5, 0.6) is 23.0 Å². The number of carbonyl (C=O) groups excluding carboxylic acids is 2. The number of rotatable bonds is 17. The lowest BCUT2D eigenvalue weighted by atomic mass is 9.90. The van der Waals surface area contributed by atoms with Gasteiger partial charge in [0, 0.05) is 6.07 Å². The quantitative estimate of drug-likeness (QED) is 0.0503. The van der Waals surface area contributed by atoms with Crippen LogP contribution in [0.15, 0.2) is 152 Å². The maximum Gasteiger partial charge on any atom is 0.343 e. The standard InChI is InChI=1S/C50H46O10/c1-33(51)43-40(60-50(52)38-23-25-39(26-24-38)55-29-35-17-9-4-10-18-35)27-41-44(46(43)53-2)47-49(58-41)48(57-31-37-21-13-6-14-22-37)45(56-30-36-19-11-5-12-20-36)42(59-47)32-54-28-34-15-7-3-8-16-34/h3-27,42,45,47-49H,28-32H2,1-2H3/t42-,45-,47+,48+,49-/m1/s1. The molecule has 8 rings (SSSR count). The van der Waals surface area contributed by atoms with E-state index in [9.17, 15) is 9.59 Å². The van der Waals surface area contributed by atoms with E-state index < -0.39 is 36.5 Å². The molecule has 306 valence electrons. The molecule has 10 heteroatoms. The monoisotopic (exact) mass is 806 g/mol. The first-order valence-corrected chi connectivity index (χ1v) is 19.9. The number of fused-ring (bicyclic) bond motifs is 3. The van der Waals surface area contributed by atoms with Crippen LogP contribution in [0.2, 0.25) is 0 Å². The summed E-state index contributed by atoms with van der Waals surface area (Å²) in [4.78, 5) is 27.1. The lowest BCUT2D eigenvalue weighted by Gasteiger charge is -2.43. The number of Topliss-reactive ketones (excluding diaryl/α,β-unsaturated/α-hetero) is 1. The molecule has 10 nitrogen and oxygen atoms in total. The fraction of sp³-hybridized carbons (Fsp3) is 0.240. The van der Waals surface area contributed by atoms with Crippen molar-refractivity contribution in [3.05, 3.63) is 191 Å². The van der Waals surface area contributed by atoms with Crippen LogP contribution in [-0.4, -0.2) is 49.9 Å². The summed E-state index contributed by atoms with van der Waals surface area (Å²) in [6.07, 6.45) is -3.45. The highest BCUT2D eigenvalue weighted by molar-refractivity contribution is 6.02. The maximum atomic E-state index is 13.6. The Morgan fingerprint density at radius 1 is 0.633 bits per heavy atom. The molecule has 0 amide bonds. The molecule has 0 saturated carbocycles. The summed E-state index contributed by atoms with van der Waals surface area (Å²) in [7, 11) is 1.47. The number of benzene rings is 6. The molecule has 60 heavy (non-hydrogen) atoms. The SMILES string of the molecule is COc1c(C(C)=O)c(OC(=O)c2ccc(OCc3ccccc3)cc2)cc2c1[C@@H]1O[C@H](COCc3ccccc3)[C@@H](OCc3ccccc3)[C@H](OCc3ccccc3)[C@@H]1O2. The molecule has 2 aliphatic heterocycles. The first-order valence-electron chi connectivity index (χ1n) is 19.9. The molecule has 6 aromatic rings. The Bertz CT molecular complexity index is 2340. The van der Waals surface area contributed by atoms with Gasteiger partial charge in [-0.3, -0.25) is 4.79 Å². The average Bonchev–Trinajstić information content (AvgIpc) is 3.65. The molecule has 2 aliphatic rings. The van der Waals surface area contributed by atoms with Crippen molar-refractivity contribution in [2.24, 2.45) is 0 Å². The Balaban J connectivity index is 1.09. The third-order valence-corrected chi connectivity index (χ3v) is 10.5. The molecule has 0 aliphatic carbocycles. The smallest absolute Gasteiger partial charge is 0.343 e. The fourth-order valence-electron chi connectivity index (χ4n) is 7.56. The van der Waals surface area contributed by atoms with Crippen LogP contribution in [-0.2, 0) is 45.4 Å². The highest BCUT2D eigenvalue weighted by Gasteiger charge is 2.55. The van der Waals surface area contributed by atoms with E-state index in [-0.39, 0.29) is 48.2 Å². The zero-order chi connectivity index (χ0) is 41.3. The van der Waals surface area contributed by atoms with Crippen LogP contribution in [0.1, 0.15) is 61.6 Å².